The number of hydrogen-bond donors (Lipinski definition) is 1. The zero-order valence-electron chi connectivity index (χ0n) is 15.8. The monoisotopic (exact) mass is 368 g/mol. The summed E-state index contributed by atoms with van der Waals surface area (Å²) in [5.74, 6) is 5.88. The van der Waals surface area contributed by atoms with Gasteiger partial charge in [0.2, 0.25) is 0 Å². The summed E-state index contributed by atoms with van der Waals surface area (Å²) in [6.45, 7) is 2.06. The number of benzene rings is 3. The van der Waals surface area contributed by atoms with Crippen LogP contribution in [-0.4, -0.2) is 18.2 Å². The number of allylic oxidation sites excluding steroid dienone is 1. The first-order valence-electron chi connectivity index (χ1n) is 8.83. The number of carbonyl (C=O) groups is 1. The van der Waals surface area contributed by atoms with E-state index in [4.69, 9.17) is 9.84 Å². The molecule has 0 saturated carbocycles. The lowest BCUT2D eigenvalue weighted by Crippen LogP contribution is -1.94. The van der Waals surface area contributed by atoms with E-state index in [1.807, 2.05) is 24.3 Å². The highest BCUT2D eigenvalue weighted by molar-refractivity contribution is 5.87. The summed E-state index contributed by atoms with van der Waals surface area (Å²) in [7, 11) is 1.66. The molecule has 0 saturated heterocycles. The molecule has 0 unspecified atom stereocenters. The molecule has 0 bridgehead atoms. The molecule has 138 valence electrons. The topological polar surface area (TPSA) is 46.5 Å². The van der Waals surface area contributed by atoms with Crippen LogP contribution >= 0.6 is 0 Å². The molecule has 3 heteroatoms. The fraction of sp³-hybridized carbons (Fsp3) is 0.0800. The number of aryl methyl sites for hydroxylation is 1. The second-order valence-corrected chi connectivity index (χ2v) is 6.30. The van der Waals surface area contributed by atoms with Crippen molar-refractivity contribution in [2.45, 2.75) is 6.92 Å². The predicted molar refractivity (Wildman–Crippen MR) is 112 cm³/mol. The number of carboxylic acid groups (broad SMARTS) is 1. The van der Waals surface area contributed by atoms with E-state index in [1.54, 1.807) is 37.5 Å². The Balaban J connectivity index is 1.86. The van der Waals surface area contributed by atoms with Crippen LogP contribution < -0.4 is 4.74 Å². The van der Waals surface area contributed by atoms with Gasteiger partial charge in [-0.2, -0.15) is 0 Å². The number of rotatable bonds is 4. The van der Waals surface area contributed by atoms with E-state index in [0.29, 0.717) is 0 Å². The zero-order valence-corrected chi connectivity index (χ0v) is 15.8. The van der Waals surface area contributed by atoms with Crippen LogP contribution in [0.2, 0.25) is 0 Å². The first kappa shape index (κ1) is 19.0. The third-order valence-corrected chi connectivity index (χ3v) is 4.32. The third-order valence-electron chi connectivity index (χ3n) is 4.32. The van der Waals surface area contributed by atoms with Crippen molar-refractivity contribution in [2.75, 3.05) is 7.11 Å². The van der Waals surface area contributed by atoms with Gasteiger partial charge in [0.15, 0.2) is 0 Å². The van der Waals surface area contributed by atoms with Crippen LogP contribution in [0, 0.1) is 18.8 Å². The average molecular weight is 368 g/mol. The van der Waals surface area contributed by atoms with Crippen molar-refractivity contribution in [2.24, 2.45) is 0 Å². The molecule has 1 N–H and O–H groups in total. The Hall–Kier alpha value is -3.77. The second-order valence-electron chi connectivity index (χ2n) is 6.30. The fourth-order valence-corrected chi connectivity index (χ4v) is 2.74. The Morgan fingerprint density at radius 3 is 2.36 bits per heavy atom. The largest absolute Gasteiger partial charge is 0.497 e. The first-order valence-corrected chi connectivity index (χ1v) is 8.83. The van der Waals surface area contributed by atoms with Crippen molar-refractivity contribution in [1.29, 1.82) is 0 Å². The lowest BCUT2D eigenvalue weighted by atomic mass is 9.98. The van der Waals surface area contributed by atoms with Crippen molar-refractivity contribution >= 4 is 12.0 Å². The van der Waals surface area contributed by atoms with Gasteiger partial charge in [-0.3, -0.25) is 0 Å². The van der Waals surface area contributed by atoms with Gasteiger partial charge < -0.3 is 9.84 Å². The Morgan fingerprint density at radius 1 is 1.00 bits per heavy atom. The Bertz CT molecular complexity index is 1060. The molecule has 0 amide bonds. The maximum absolute atomic E-state index is 10.9. The molecule has 3 aromatic rings. The van der Waals surface area contributed by atoms with Crippen LogP contribution in [0.4, 0.5) is 0 Å². The number of methoxy groups -OCH3 is 1. The smallest absolute Gasteiger partial charge is 0.335 e. The molecule has 0 aliphatic heterocycles. The summed E-state index contributed by atoms with van der Waals surface area (Å²) in [4.78, 5) is 10.9. The van der Waals surface area contributed by atoms with Crippen LogP contribution in [0.5, 0.6) is 5.75 Å². The standard InChI is InChI=1S/C25H20O3/c1-18-7-11-21(12-8-18)24-17-23(28-2)16-15-20(24)6-4-3-5-19-9-13-22(14-10-19)25(26)27/h4,6-17H,1-2H3,(H,26,27). The van der Waals surface area contributed by atoms with Crippen molar-refractivity contribution < 1.29 is 14.6 Å². The lowest BCUT2D eigenvalue weighted by molar-refractivity contribution is 0.0697. The van der Waals surface area contributed by atoms with Gasteiger partial charge >= 0.3 is 5.97 Å². The Kier molecular flexibility index (Phi) is 5.94. The van der Waals surface area contributed by atoms with Crippen LogP contribution in [0.1, 0.15) is 27.0 Å². The normalized spacial score (nSPS) is 10.4. The molecule has 0 aliphatic carbocycles. The lowest BCUT2D eigenvalue weighted by Gasteiger charge is -2.09. The summed E-state index contributed by atoms with van der Waals surface area (Å²) >= 11 is 0. The molecule has 3 rings (SSSR count). The van der Waals surface area contributed by atoms with Crippen molar-refractivity contribution in [3.63, 3.8) is 0 Å². The number of ether oxygens (including phenoxy) is 1. The van der Waals surface area contributed by atoms with E-state index in [-0.39, 0.29) is 5.56 Å². The summed E-state index contributed by atoms with van der Waals surface area (Å²) in [6, 6.07) is 20.8. The zero-order chi connectivity index (χ0) is 19.9. The molecule has 0 radical (unpaired) electrons. The summed E-state index contributed by atoms with van der Waals surface area (Å²) in [5.41, 5.74) is 5.46. The van der Waals surface area contributed by atoms with Gasteiger partial charge in [-0.25, -0.2) is 4.79 Å². The highest BCUT2D eigenvalue weighted by Crippen LogP contribution is 2.29. The van der Waals surface area contributed by atoms with Crippen LogP contribution in [-0.2, 0) is 0 Å². The maximum atomic E-state index is 10.9. The van der Waals surface area contributed by atoms with Gasteiger partial charge in [0.1, 0.15) is 5.75 Å². The maximum Gasteiger partial charge on any atom is 0.335 e. The highest BCUT2D eigenvalue weighted by atomic mass is 16.5. The summed E-state index contributed by atoms with van der Waals surface area (Å²) in [6.07, 6.45) is 3.76. The van der Waals surface area contributed by atoms with Crippen LogP contribution in [0.3, 0.4) is 0 Å². The van der Waals surface area contributed by atoms with Gasteiger partial charge in [-0.1, -0.05) is 47.7 Å². The molecule has 0 aromatic heterocycles. The molecule has 28 heavy (non-hydrogen) atoms. The summed E-state index contributed by atoms with van der Waals surface area (Å²) < 4.78 is 5.37. The number of carboxylic acids is 1. The third kappa shape index (κ3) is 4.69. The molecule has 0 heterocycles. The van der Waals surface area contributed by atoms with Crippen molar-refractivity contribution in [3.05, 3.63) is 95.1 Å². The van der Waals surface area contributed by atoms with Crippen molar-refractivity contribution in [1.82, 2.24) is 0 Å². The van der Waals surface area contributed by atoms with Crippen molar-refractivity contribution in [3.8, 4) is 28.7 Å². The van der Waals surface area contributed by atoms with E-state index in [0.717, 1.165) is 28.0 Å². The van der Waals surface area contributed by atoms with E-state index >= 15 is 0 Å². The SMILES string of the molecule is COc1ccc(C=CC#Cc2ccc(C(=O)O)cc2)c(-c2ccc(C)cc2)c1. The molecule has 0 spiro atoms. The molecular weight excluding hydrogens is 348 g/mol. The molecule has 0 atom stereocenters. The minimum absolute atomic E-state index is 0.252. The predicted octanol–water partition coefficient (Wildman–Crippen LogP) is 5.43. The van der Waals surface area contributed by atoms with E-state index in [9.17, 15) is 4.79 Å². The second kappa shape index (κ2) is 8.75. The molecule has 0 aliphatic rings. The quantitative estimate of drug-likeness (QED) is 0.624. The number of hydrogen-bond acceptors (Lipinski definition) is 2. The summed E-state index contributed by atoms with van der Waals surface area (Å²) in [5, 5.41) is 8.93. The first-order chi connectivity index (χ1) is 13.6. The van der Waals surface area contributed by atoms with Crippen LogP contribution in [0.15, 0.2) is 72.8 Å². The van der Waals surface area contributed by atoms with Gasteiger partial charge in [0.05, 0.1) is 12.7 Å². The average Bonchev–Trinajstić information content (AvgIpc) is 2.72. The van der Waals surface area contributed by atoms with E-state index in [1.165, 1.54) is 5.56 Å². The molecule has 3 nitrogen and oxygen atoms in total. The van der Waals surface area contributed by atoms with Crippen LogP contribution in [0.25, 0.3) is 17.2 Å². The number of aromatic carboxylic acids is 1. The molecule has 0 fully saturated rings. The van der Waals surface area contributed by atoms with E-state index in [2.05, 4.69) is 43.0 Å². The van der Waals surface area contributed by atoms with Gasteiger partial charge in [-0.05, 0) is 72.2 Å². The Morgan fingerprint density at radius 2 is 1.71 bits per heavy atom. The minimum atomic E-state index is -0.942. The molecular formula is C25H20O3. The molecule has 3 aromatic carbocycles. The fourth-order valence-electron chi connectivity index (χ4n) is 2.74. The van der Waals surface area contributed by atoms with E-state index < -0.39 is 5.97 Å². The van der Waals surface area contributed by atoms with Gasteiger partial charge in [0.25, 0.3) is 0 Å². The highest BCUT2D eigenvalue weighted by Gasteiger charge is 2.05. The minimum Gasteiger partial charge on any atom is -0.497 e. The van der Waals surface area contributed by atoms with Gasteiger partial charge in [-0.15, -0.1) is 0 Å². The Labute approximate surface area is 164 Å². The van der Waals surface area contributed by atoms with Gasteiger partial charge in [0, 0.05) is 5.56 Å².